The molecule has 0 saturated heterocycles. The first-order valence-corrected chi connectivity index (χ1v) is 10.6. The summed E-state index contributed by atoms with van der Waals surface area (Å²) < 4.78 is 21.0. The highest BCUT2D eigenvalue weighted by atomic mass is 16.7. The monoisotopic (exact) mass is 454 g/mol. The fourth-order valence-corrected chi connectivity index (χ4v) is 3.28. The third kappa shape index (κ3) is 5.81. The predicted molar refractivity (Wildman–Crippen MR) is 128 cm³/mol. The molecule has 0 aliphatic rings. The van der Waals surface area contributed by atoms with Crippen molar-refractivity contribution >= 4 is 12.3 Å². The van der Waals surface area contributed by atoms with Gasteiger partial charge >= 0.3 is 12.3 Å². The summed E-state index contributed by atoms with van der Waals surface area (Å²) in [7, 11) is 0. The molecule has 0 fully saturated rings. The van der Waals surface area contributed by atoms with Crippen LogP contribution in [0.4, 0.5) is 9.59 Å². The quantitative estimate of drug-likeness (QED) is 0.236. The van der Waals surface area contributed by atoms with E-state index in [0.29, 0.717) is 23.0 Å². The van der Waals surface area contributed by atoms with Crippen molar-refractivity contribution in [3.8, 4) is 34.1 Å². The molecule has 0 bridgehead atoms. The molecule has 170 valence electrons. The van der Waals surface area contributed by atoms with Crippen LogP contribution >= 0.6 is 0 Å². The Morgan fingerprint density at radius 3 is 1.24 bits per heavy atom. The average molecular weight is 454 g/mol. The Labute approximate surface area is 197 Å². The highest BCUT2D eigenvalue weighted by Gasteiger charge is 2.13. The Balaban J connectivity index is 1.41. The number of ether oxygens (including phenoxy) is 4. The maximum Gasteiger partial charge on any atom is 0.519 e. The zero-order chi connectivity index (χ0) is 23.9. The molecule has 34 heavy (non-hydrogen) atoms. The van der Waals surface area contributed by atoms with Crippen LogP contribution in [-0.2, 0) is 0 Å². The van der Waals surface area contributed by atoms with Gasteiger partial charge in [0.05, 0.1) is 0 Å². The fraction of sp³-hybridized carbons (Fsp3) is 0.0714. The zero-order valence-corrected chi connectivity index (χ0v) is 18.7. The van der Waals surface area contributed by atoms with Crippen molar-refractivity contribution in [2.24, 2.45) is 0 Å². The van der Waals surface area contributed by atoms with Gasteiger partial charge in [0.25, 0.3) is 0 Å². The number of para-hydroxylation sites is 2. The summed E-state index contributed by atoms with van der Waals surface area (Å²) in [6.45, 7) is 3.69. The van der Waals surface area contributed by atoms with E-state index in [-0.39, 0.29) is 0 Å². The van der Waals surface area contributed by atoms with Crippen molar-refractivity contribution < 1.29 is 28.5 Å². The molecule has 4 aromatic rings. The van der Waals surface area contributed by atoms with Crippen molar-refractivity contribution in [2.45, 2.75) is 13.8 Å². The van der Waals surface area contributed by atoms with Crippen LogP contribution in [0.25, 0.3) is 11.1 Å². The summed E-state index contributed by atoms with van der Waals surface area (Å²) in [6, 6.07) is 28.4. The van der Waals surface area contributed by atoms with Gasteiger partial charge in [-0.3, -0.25) is 0 Å². The Kier molecular flexibility index (Phi) is 6.89. The van der Waals surface area contributed by atoms with Gasteiger partial charge in [-0.05, 0) is 84.6 Å². The normalized spacial score (nSPS) is 10.3. The van der Waals surface area contributed by atoms with E-state index < -0.39 is 12.3 Å². The Hall–Kier alpha value is -4.58. The molecule has 0 N–H and O–H groups in total. The third-order valence-corrected chi connectivity index (χ3v) is 4.96. The van der Waals surface area contributed by atoms with Crippen molar-refractivity contribution in [2.75, 3.05) is 0 Å². The number of carbonyl (C=O) groups excluding carboxylic acids is 2. The van der Waals surface area contributed by atoms with Gasteiger partial charge in [0.15, 0.2) is 0 Å². The minimum absolute atomic E-state index is 0.407. The molecule has 0 saturated carbocycles. The predicted octanol–water partition coefficient (Wildman–Crippen LogP) is 7.13. The summed E-state index contributed by atoms with van der Waals surface area (Å²) in [5.41, 5.74) is 3.38. The molecule has 0 spiro atoms. The summed E-state index contributed by atoms with van der Waals surface area (Å²) in [6.07, 6.45) is -1.61. The lowest BCUT2D eigenvalue weighted by Crippen LogP contribution is -2.14. The SMILES string of the molecule is Cc1cc(-c2ccc(OC(=O)Oc3ccccc3)c(C)c2)ccc1OC(=O)Oc1ccccc1. The first-order valence-electron chi connectivity index (χ1n) is 10.6. The van der Waals surface area contributed by atoms with Crippen LogP contribution in [0, 0.1) is 13.8 Å². The summed E-state index contributed by atoms with van der Waals surface area (Å²) >= 11 is 0. The van der Waals surface area contributed by atoms with Crippen LogP contribution in [0.1, 0.15) is 11.1 Å². The van der Waals surface area contributed by atoms with Crippen LogP contribution < -0.4 is 18.9 Å². The lowest BCUT2D eigenvalue weighted by atomic mass is 10.0. The molecule has 0 radical (unpaired) electrons. The molecule has 4 aromatic carbocycles. The lowest BCUT2D eigenvalue weighted by molar-refractivity contribution is 0.150. The lowest BCUT2D eigenvalue weighted by Gasteiger charge is -2.12. The fourth-order valence-electron chi connectivity index (χ4n) is 3.28. The van der Waals surface area contributed by atoms with E-state index in [4.69, 9.17) is 18.9 Å². The minimum Gasteiger partial charge on any atom is -0.395 e. The maximum atomic E-state index is 12.1. The van der Waals surface area contributed by atoms with E-state index in [1.165, 1.54) is 0 Å². The second kappa shape index (κ2) is 10.4. The van der Waals surface area contributed by atoms with Crippen LogP contribution in [-0.4, -0.2) is 12.3 Å². The second-order valence-electron chi connectivity index (χ2n) is 7.49. The van der Waals surface area contributed by atoms with E-state index >= 15 is 0 Å². The van der Waals surface area contributed by atoms with Gasteiger partial charge in [0, 0.05) is 0 Å². The third-order valence-electron chi connectivity index (χ3n) is 4.96. The number of benzene rings is 4. The molecule has 0 heterocycles. The summed E-state index contributed by atoms with van der Waals surface area (Å²) in [5, 5.41) is 0. The van der Waals surface area contributed by atoms with E-state index in [2.05, 4.69) is 0 Å². The number of aryl methyl sites for hydroxylation is 2. The van der Waals surface area contributed by atoms with Crippen LogP contribution in [0.2, 0.25) is 0 Å². The van der Waals surface area contributed by atoms with Crippen molar-refractivity contribution in [3.63, 3.8) is 0 Å². The highest BCUT2D eigenvalue weighted by molar-refractivity contribution is 5.72. The largest absolute Gasteiger partial charge is 0.519 e. The van der Waals surface area contributed by atoms with E-state index in [0.717, 1.165) is 22.3 Å². The van der Waals surface area contributed by atoms with Crippen LogP contribution in [0.15, 0.2) is 97.1 Å². The Morgan fingerprint density at radius 2 is 0.882 bits per heavy atom. The molecule has 0 aliphatic carbocycles. The maximum absolute atomic E-state index is 12.1. The van der Waals surface area contributed by atoms with Gasteiger partial charge in [0.1, 0.15) is 23.0 Å². The second-order valence-corrected chi connectivity index (χ2v) is 7.49. The Bertz CT molecular complexity index is 1200. The topological polar surface area (TPSA) is 71.1 Å². The molecule has 0 amide bonds. The first kappa shape index (κ1) is 22.6. The van der Waals surface area contributed by atoms with Gasteiger partial charge < -0.3 is 18.9 Å². The van der Waals surface area contributed by atoms with Gasteiger partial charge in [-0.15, -0.1) is 0 Å². The first-order chi connectivity index (χ1) is 16.5. The number of carbonyl (C=O) groups is 2. The number of hydrogen-bond donors (Lipinski definition) is 0. The molecule has 4 rings (SSSR count). The van der Waals surface area contributed by atoms with E-state index in [9.17, 15) is 9.59 Å². The molecule has 6 heteroatoms. The number of rotatable bonds is 5. The highest BCUT2D eigenvalue weighted by Crippen LogP contribution is 2.30. The zero-order valence-electron chi connectivity index (χ0n) is 18.7. The smallest absolute Gasteiger partial charge is 0.395 e. The van der Waals surface area contributed by atoms with E-state index in [1.54, 1.807) is 60.7 Å². The molecule has 0 atom stereocenters. The van der Waals surface area contributed by atoms with Gasteiger partial charge in [0.2, 0.25) is 0 Å². The standard InChI is InChI=1S/C28H22O6/c1-19-17-21(13-15-25(19)33-27(29)31-23-9-5-3-6-10-23)22-14-16-26(20(2)18-22)34-28(30)32-24-11-7-4-8-12-24/h3-18H,1-2H3. The van der Waals surface area contributed by atoms with Crippen LogP contribution in [0.5, 0.6) is 23.0 Å². The van der Waals surface area contributed by atoms with Crippen molar-refractivity contribution in [3.05, 3.63) is 108 Å². The number of hydrogen-bond acceptors (Lipinski definition) is 6. The average Bonchev–Trinajstić information content (AvgIpc) is 2.83. The molecule has 0 unspecified atom stereocenters. The van der Waals surface area contributed by atoms with Gasteiger partial charge in [-0.2, -0.15) is 0 Å². The minimum atomic E-state index is -0.804. The molecular weight excluding hydrogens is 432 g/mol. The summed E-state index contributed by atoms with van der Waals surface area (Å²) in [5.74, 6) is 1.63. The molecular formula is C28H22O6. The van der Waals surface area contributed by atoms with Crippen molar-refractivity contribution in [1.29, 1.82) is 0 Å². The molecule has 0 aliphatic heterocycles. The Morgan fingerprint density at radius 1 is 0.500 bits per heavy atom. The molecule has 0 aromatic heterocycles. The molecule has 6 nitrogen and oxygen atoms in total. The summed E-state index contributed by atoms with van der Waals surface area (Å²) in [4.78, 5) is 24.2. The van der Waals surface area contributed by atoms with Crippen molar-refractivity contribution in [1.82, 2.24) is 0 Å². The van der Waals surface area contributed by atoms with Gasteiger partial charge in [-0.25, -0.2) is 9.59 Å². The van der Waals surface area contributed by atoms with E-state index in [1.807, 2.05) is 50.2 Å². The van der Waals surface area contributed by atoms with Crippen LogP contribution in [0.3, 0.4) is 0 Å². The van der Waals surface area contributed by atoms with Gasteiger partial charge in [-0.1, -0.05) is 48.5 Å².